The minimum absolute atomic E-state index is 0.0590. The zero-order valence-electron chi connectivity index (χ0n) is 18.8. The molecule has 7 nitrogen and oxygen atoms in total. The fourth-order valence-electron chi connectivity index (χ4n) is 3.45. The number of nitriles is 1. The molecule has 0 saturated heterocycles. The Morgan fingerprint density at radius 2 is 2.03 bits per heavy atom. The van der Waals surface area contributed by atoms with Crippen molar-refractivity contribution in [2.24, 2.45) is 5.10 Å². The molecule has 1 aromatic carbocycles. The fourth-order valence-corrected chi connectivity index (χ4v) is 4.31. The van der Waals surface area contributed by atoms with Gasteiger partial charge in [0, 0.05) is 35.4 Å². The number of thioether (sulfide) groups is 1. The summed E-state index contributed by atoms with van der Waals surface area (Å²) in [5.74, 6) is -0.547. The molecule has 3 aromatic rings. The lowest BCUT2D eigenvalue weighted by atomic mass is 10.1. The summed E-state index contributed by atoms with van der Waals surface area (Å²) < 4.78 is 20.4. The van der Waals surface area contributed by atoms with Gasteiger partial charge in [-0.25, -0.2) is 14.8 Å². The largest absolute Gasteiger partial charge is 0.380 e. The Kier molecular flexibility index (Phi) is 7.98. The highest BCUT2D eigenvalue weighted by molar-refractivity contribution is 8.00. The van der Waals surface area contributed by atoms with Gasteiger partial charge in [-0.1, -0.05) is 11.8 Å². The van der Waals surface area contributed by atoms with E-state index < -0.39 is 0 Å². The minimum atomic E-state index is -0.316. The lowest BCUT2D eigenvalue weighted by Crippen LogP contribution is -2.20. The van der Waals surface area contributed by atoms with Gasteiger partial charge in [0.25, 0.3) is 0 Å². The number of carbonyl (C=O) groups excluding carboxylic acids is 1. The predicted octanol–water partition coefficient (Wildman–Crippen LogP) is 4.20. The van der Waals surface area contributed by atoms with Gasteiger partial charge >= 0.3 is 0 Å². The smallest absolute Gasteiger partial charge is 0.250 e. The van der Waals surface area contributed by atoms with Crippen LogP contribution in [0.25, 0.3) is 5.69 Å². The lowest BCUT2D eigenvalue weighted by Gasteiger charge is -2.09. The summed E-state index contributed by atoms with van der Waals surface area (Å²) in [6.07, 6.45) is 1.58. The topological polar surface area (TPSA) is 92.3 Å². The van der Waals surface area contributed by atoms with Crippen molar-refractivity contribution in [1.82, 2.24) is 15.0 Å². The van der Waals surface area contributed by atoms with E-state index in [0.717, 1.165) is 33.9 Å². The first-order valence-corrected chi connectivity index (χ1v) is 11.1. The standard InChI is InChI=1S/C24H24FN5O2S/c1-15-9-19(13-32-4)22(11-26)24(28-15)33-14-23(31)29-27-12-18-10-16(2)30(17(18)3)21-7-5-20(25)6-8-21/h5-10,12H,13-14H2,1-4H3,(H,29,31)/b27-12-. The van der Waals surface area contributed by atoms with Crippen molar-refractivity contribution < 1.29 is 13.9 Å². The van der Waals surface area contributed by atoms with Gasteiger partial charge in [0.15, 0.2) is 0 Å². The Morgan fingerprint density at radius 3 is 2.70 bits per heavy atom. The first-order chi connectivity index (χ1) is 15.8. The maximum absolute atomic E-state index is 13.2. The minimum Gasteiger partial charge on any atom is -0.380 e. The summed E-state index contributed by atoms with van der Waals surface area (Å²) in [7, 11) is 1.56. The average Bonchev–Trinajstić information content (AvgIpc) is 3.06. The molecule has 33 heavy (non-hydrogen) atoms. The van der Waals surface area contributed by atoms with E-state index in [4.69, 9.17) is 4.74 Å². The molecule has 0 aliphatic heterocycles. The Hall–Kier alpha value is -3.48. The monoisotopic (exact) mass is 465 g/mol. The molecular weight excluding hydrogens is 441 g/mol. The fraction of sp³-hybridized carbons (Fsp3) is 0.250. The molecule has 0 atom stereocenters. The molecule has 2 aromatic heterocycles. The van der Waals surface area contributed by atoms with E-state index in [-0.39, 0.29) is 17.5 Å². The third kappa shape index (κ3) is 5.86. The second kappa shape index (κ2) is 10.9. The molecule has 0 unspecified atom stereocenters. The van der Waals surface area contributed by atoms with Crippen LogP contribution in [0.2, 0.25) is 0 Å². The van der Waals surface area contributed by atoms with Crippen LogP contribution in [0.5, 0.6) is 0 Å². The molecule has 1 N–H and O–H groups in total. The molecule has 0 spiro atoms. The first kappa shape index (κ1) is 24.2. The van der Waals surface area contributed by atoms with Gasteiger partial charge in [-0.15, -0.1) is 0 Å². The second-order valence-corrected chi connectivity index (χ2v) is 8.33. The molecule has 2 heterocycles. The number of hydrogen-bond donors (Lipinski definition) is 1. The molecule has 170 valence electrons. The number of aromatic nitrogens is 2. The number of ether oxygens (including phenoxy) is 1. The molecular formula is C24H24FN5O2S. The number of benzene rings is 1. The average molecular weight is 466 g/mol. The number of rotatable bonds is 8. The van der Waals surface area contributed by atoms with Crippen molar-refractivity contribution in [3.63, 3.8) is 0 Å². The summed E-state index contributed by atoms with van der Waals surface area (Å²) in [4.78, 5) is 16.7. The number of halogens is 1. The number of pyridine rings is 1. The van der Waals surface area contributed by atoms with Crippen LogP contribution in [0.1, 0.15) is 33.8 Å². The van der Waals surface area contributed by atoms with E-state index in [9.17, 15) is 14.4 Å². The number of nitrogens with one attached hydrogen (secondary N) is 1. The number of carbonyl (C=O) groups is 1. The van der Waals surface area contributed by atoms with Crippen LogP contribution < -0.4 is 5.43 Å². The van der Waals surface area contributed by atoms with E-state index in [1.54, 1.807) is 31.5 Å². The molecule has 9 heteroatoms. The Morgan fingerprint density at radius 1 is 1.30 bits per heavy atom. The third-order valence-corrected chi connectivity index (χ3v) is 5.87. The van der Waals surface area contributed by atoms with E-state index in [1.807, 2.05) is 31.4 Å². The zero-order valence-corrected chi connectivity index (χ0v) is 19.7. The van der Waals surface area contributed by atoms with Gasteiger partial charge in [0.05, 0.1) is 24.1 Å². The number of nitrogens with zero attached hydrogens (tertiary/aromatic N) is 4. The Labute approximate surface area is 196 Å². The Balaban J connectivity index is 1.65. The van der Waals surface area contributed by atoms with Crippen LogP contribution in [-0.2, 0) is 16.1 Å². The van der Waals surface area contributed by atoms with Crippen LogP contribution >= 0.6 is 11.8 Å². The third-order valence-electron chi connectivity index (χ3n) is 4.90. The quantitative estimate of drug-likeness (QED) is 0.306. The molecule has 0 bridgehead atoms. The number of hydrogen-bond acceptors (Lipinski definition) is 6. The zero-order chi connectivity index (χ0) is 24.0. The molecule has 0 fully saturated rings. The van der Waals surface area contributed by atoms with Crippen molar-refractivity contribution in [1.29, 1.82) is 5.26 Å². The normalized spacial score (nSPS) is 11.0. The van der Waals surface area contributed by atoms with Gasteiger partial charge in [0.2, 0.25) is 5.91 Å². The summed E-state index contributed by atoms with van der Waals surface area (Å²) in [6.45, 7) is 6.01. The molecule has 1 amide bonds. The van der Waals surface area contributed by atoms with E-state index in [0.29, 0.717) is 17.2 Å². The van der Waals surface area contributed by atoms with Crippen LogP contribution in [0, 0.1) is 37.9 Å². The maximum Gasteiger partial charge on any atom is 0.250 e. The number of hydrazone groups is 1. The summed E-state index contributed by atoms with van der Waals surface area (Å²) in [5.41, 5.74) is 7.97. The van der Waals surface area contributed by atoms with Crippen molar-refractivity contribution in [2.45, 2.75) is 32.4 Å². The van der Waals surface area contributed by atoms with Gasteiger partial charge in [-0.2, -0.15) is 10.4 Å². The van der Waals surface area contributed by atoms with Gasteiger partial charge in [0.1, 0.15) is 16.9 Å². The van der Waals surface area contributed by atoms with Gasteiger partial charge < -0.3 is 9.30 Å². The van der Waals surface area contributed by atoms with Gasteiger partial charge in [-0.3, -0.25) is 4.79 Å². The van der Waals surface area contributed by atoms with Crippen molar-refractivity contribution in [3.8, 4) is 11.8 Å². The van der Waals surface area contributed by atoms with Gasteiger partial charge in [-0.05, 0) is 62.7 Å². The van der Waals surface area contributed by atoms with Crippen LogP contribution in [0.4, 0.5) is 4.39 Å². The van der Waals surface area contributed by atoms with Crippen molar-refractivity contribution >= 4 is 23.9 Å². The highest BCUT2D eigenvalue weighted by Gasteiger charge is 2.14. The summed E-state index contributed by atoms with van der Waals surface area (Å²) in [6, 6.07) is 12.1. The molecule has 0 saturated carbocycles. The van der Waals surface area contributed by atoms with E-state index >= 15 is 0 Å². The highest BCUT2D eigenvalue weighted by Crippen LogP contribution is 2.24. The maximum atomic E-state index is 13.2. The molecule has 0 radical (unpaired) electrons. The number of methoxy groups -OCH3 is 1. The molecule has 3 rings (SSSR count). The molecule has 0 aliphatic rings. The van der Waals surface area contributed by atoms with Crippen LogP contribution in [0.3, 0.4) is 0 Å². The highest BCUT2D eigenvalue weighted by atomic mass is 32.2. The SMILES string of the molecule is COCc1cc(C)nc(SCC(=O)N/N=C\c2cc(C)n(-c3ccc(F)cc3)c2C)c1C#N. The summed E-state index contributed by atoms with van der Waals surface area (Å²) >= 11 is 1.18. The van der Waals surface area contributed by atoms with E-state index in [1.165, 1.54) is 23.9 Å². The van der Waals surface area contributed by atoms with Crippen LogP contribution in [-0.4, -0.2) is 34.5 Å². The number of amides is 1. The predicted molar refractivity (Wildman–Crippen MR) is 126 cm³/mol. The van der Waals surface area contributed by atoms with Crippen LogP contribution in [0.15, 0.2) is 46.5 Å². The number of aryl methyl sites for hydroxylation is 2. The lowest BCUT2D eigenvalue weighted by molar-refractivity contribution is -0.118. The second-order valence-electron chi connectivity index (χ2n) is 7.37. The van der Waals surface area contributed by atoms with E-state index in [2.05, 4.69) is 21.6 Å². The summed E-state index contributed by atoms with van der Waals surface area (Å²) in [5, 5.41) is 14.1. The van der Waals surface area contributed by atoms with Crippen molar-refractivity contribution in [3.05, 3.63) is 76.0 Å². The molecule has 0 aliphatic carbocycles. The van der Waals surface area contributed by atoms with Crippen molar-refractivity contribution in [2.75, 3.05) is 12.9 Å². The first-order valence-electron chi connectivity index (χ1n) is 10.1. The Bertz CT molecular complexity index is 1230.